The first-order chi connectivity index (χ1) is 8.25. The molecular formula is C13H11NO3. The molecule has 0 atom stereocenters. The summed E-state index contributed by atoms with van der Waals surface area (Å²) in [5, 5.41) is 9.31. The van der Waals surface area contributed by atoms with Crippen molar-refractivity contribution in [3.05, 3.63) is 23.8 Å². The largest absolute Gasteiger partial charge is 0.486 e. The maximum Gasteiger partial charge on any atom is 0.166 e. The molecule has 1 heterocycles. The molecule has 1 aromatic rings. The summed E-state index contributed by atoms with van der Waals surface area (Å²) in [7, 11) is 0. The number of carbonyl (C=O) groups is 1. The standard InChI is InChI=1S/C13H11NO3/c14-8-13(6-9(15)7-13)10-2-1-3-11-12(10)17-5-4-16-11/h1-3H,4-7H2. The third-order valence-electron chi connectivity index (χ3n) is 3.29. The Balaban J connectivity index is 2.09. The zero-order valence-corrected chi connectivity index (χ0v) is 9.23. The second-order valence-corrected chi connectivity index (χ2v) is 4.42. The van der Waals surface area contributed by atoms with E-state index in [2.05, 4.69) is 6.07 Å². The van der Waals surface area contributed by atoms with Gasteiger partial charge in [-0.05, 0) is 6.07 Å². The number of nitriles is 1. The number of Topliss-reactive ketones (excluding diaryl/α,β-unsaturated/α-hetero) is 1. The first-order valence-electron chi connectivity index (χ1n) is 5.57. The number of carbonyl (C=O) groups excluding carboxylic acids is 1. The van der Waals surface area contributed by atoms with E-state index in [1.54, 1.807) is 0 Å². The topological polar surface area (TPSA) is 59.3 Å². The quantitative estimate of drug-likeness (QED) is 0.733. The Labute approximate surface area is 98.8 Å². The Morgan fingerprint density at radius 3 is 2.71 bits per heavy atom. The van der Waals surface area contributed by atoms with Crippen LogP contribution in [-0.4, -0.2) is 19.0 Å². The lowest BCUT2D eigenvalue weighted by molar-refractivity contribution is -0.126. The van der Waals surface area contributed by atoms with Gasteiger partial charge in [0.15, 0.2) is 11.5 Å². The number of fused-ring (bicyclic) bond motifs is 1. The predicted molar refractivity (Wildman–Crippen MR) is 59.0 cm³/mol. The zero-order valence-electron chi connectivity index (χ0n) is 9.23. The summed E-state index contributed by atoms with van der Waals surface area (Å²) in [6.45, 7) is 1.01. The Morgan fingerprint density at radius 2 is 2.00 bits per heavy atom. The molecule has 3 rings (SSSR count). The van der Waals surface area contributed by atoms with E-state index < -0.39 is 5.41 Å². The highest BCUT2D eigenvalue weighted by Gasteiger charge is 2.48. The van der Waals surface area contributed by atoms with Crippen molar-refractivity contribution in [1.29, 1.82) is 5.26 Å². The molecule has 0 bridgehead atoms. The van der Waals surface area contributed by atoms with Crippen LogP contribution in [0.25, 0.3) is 0 Å². The van der Waals surface area contributed by atoms with E-state index in [1.165, 1.54) is 0 Å². The van der Waals surface area contributed by atoms with Gasteiger partial charge in [-0.3, -0.25) is 4.79 Å². The van der Waals surface area contributed by atoms with Crippen LogP contribution in [0.5, 0.6) is 11.5 Å². The first-order valence-corrected chi connectivity index (χ1v) is 5.57. The fraction of sp³-hybridized carbons (Fsp3) is 0.385. The molecular weight excluding hydrogens is 218 g/mol. The van der Waals surface area contributed by atoms with Gasteiger partial charge in [0.2, 0.25) is 0 Å². The minimum absolute atomic E-state index is 0.126. The number of hydrogen-bond acceptors (Lipinski definition) is 4. The predicted octanol–water partition coefficient (Wildman–Crippen LogP) is 1.58. The highest BCUT2D eigenvalue weighted by atomic mass is 16.6. The fourth-order valence-corrected chi connectivity index (χ4v) is 2.40. The molecule has 0 amide bonds. The minimum atomic E-state index is -0.705. The Hall–Kier alpha value is -2.02. The summed E-state index contributed by atoms with van der Waals surface area (Å²) in [6.07, 6.45) is 0.562. The normalized spacial score (nSPS) is 20.3. The molecule has 0 spiro atoms. The van der Waals surface area contributed by atoms with Gasteiger partial charge in [0.05, 0.1) is 11.5 Å². The molecule has 0 N–H and O–H groups in total. The molecule has 4 nitrogen and oxygen atoms in total. The van der Waals surface area contributed by atoms with Crippen molar-refractivity contribution in [2.45, 2.75) is 18.3 Å². The SMILES string of the molecule is N#CC1(c2cccc3c2OCCO3)CC(=O)C1. The van der Waals surface area contributed by atoms with Crippen LogP contribution in [0.3, 0.4) is 0 Å². The van der Waals surface area contributed by atoms with Crippen LogP contribution in [0.4, 0.5) is 0 Å². The van der Waals surface area contributed by atoms with E-state index in [-0.39, 0.29) is 18.6 Å². The number of benzene rings is 1. The Kier molecular flexibility index (Phi) is 2.08. The average Bonchev–Trinajstić information content (AvgIpc) is 2.34. The second kappa shape index (κ2) is 3.49. The van der Waals surface area contributed by atoms with Crippen molar-refractivity contribution in [1.82, 2.24) is 0 Å². The minimum Gasteiger partial charge on any atom is -0.486 e. The molecule has 0 radical (unpaired) electrons. The summed E-state index contributed by atoms with van der Waals surface area (Å²) >= 11 is 0. The van der Waals surface area contributed by atoms with Gasteiger partial charge >= 0.3 is 0 Å². The maximum absolute atomic E-state index is 11.2. The summed E-state index contributed by atoms with van der Waals surface area (Å²) in [5.74, 6) is 1.43. The number of ketones is 1. The van der Waals surface area contributed by atoms with Crippen LogP contribution in [0.15, 0.2) is 18.2 Å². The van der Waals surface area contributed by atoms with Gasteiger partial charge in [0.25, 0.3) is 0 Å². The molecule has 0 aromatic heterocycles. The van der Waals surface area contributed by atoms with Crippen molar-refractivity contribution in [2.75, 3.05) is 13.2 Å². The number of ether oxygens (including phenoxy) is 2. The number of para-hydroxylation sites is 1. The summed E-state index contributed by atoms with van der Waals surface area (Å²) in [6, 6.07) is 7.77. The molecule has 4 heteroatoms. The lowest BCUT2D eigenvalue weighted by Gasteiger charge is -2.36. The van der Waals surface area contributed by atoms with E-state index in [0.29, 0.717) is 24.7 Å². The summed E-state index contributed by atoms with van der Waals surface area (Å²) in [5.41, 5.74) is 0.0835. The van der Waals surface area contributed by atoms with Gasteiger partial charge in [-0.1, -0.05) is 12.1 Å². The highest BCUT2D eigenvalue weighted by Crippen LogP contribution is 2.48. The van der Waals surface area contributed by atoms with E-state index in [4.69, 9.17) is 9.47 Å². The maximum atomic E-state index is 11.2. The van der Waals surface area contributed by atoms with Gasteiger partial charge in [-0.2, -0.15) is 5.26 Å². The van der Waals surface area contributed by atoms with Crippen molar-refractivity contribution in [2.24, 2.45) is 0 Å². The van der Waals surface area contributed by atoms with Crippen LogP contribution >= 0.6 is 0 Å². The highest BCUT2D eigenvalue weighted by molar-refractivity contribution is 5.90. The van der Waals surface area contributed by atoms with Crippen LogP contribution in [0, 0.1) is 11.3 Å². The molecule has 1 aliphatic heterocycles. The molecule has 0 saturated heterocycles. The molecule has 17 heavy (non-hydrogen) atoms. The van der Waals surface area contributed by atoms with Crippen molar-refractivity contribution < 1.29 is 14.3 Å². The molecule has 1 aromatic carbocycles. The van der Waals surface area contributed by atoms with Gasteiger partial charge in [0, 0.05) is 18.4 Å². The second-order valence-electron chi connectivity index (χ2n) is 4.42. The smallest absolute Gasteiger partial charge is 0.166 e. The monoisotopic (exact) mass is 229 g/mol. The summed E-state index contributed by atoms with van der Waals surface area (Å²) < 4.78 is 11.1. The Bertz CT molecular complexity index is 522. The molecule has 1 fully saturated rings. The zero-order chi connectivity index (χ0) is 11.9. The van der Waals surface area contributed by atoms with Crippen LogP contribution in [0.2, 0.25) is 0 Å². The Morgan fingerprint density at radius 1 is 1.24 bits per heavy atom. The van der Waals surface area contributed by atoms with E-state index >= 15 is 0 Å². The van der Waals surface area contributed by atoms with E-state index in [1.807, 2.05) is 18.2 Å². The first kappa shape index (κ1) is 10.2. The number of rotatable bonds is 1. The van der Waals surface area contributed by atoms with E-state index in [9.17, 15) is 10.1 Å². The van der Waals surface area contributed by atoms with Gasteiger partial charge < -0.3 is 9.47 Å². The van der Waals surface area contributed by atoms with Crippen LogP contribution in [-0.2, 0) is 10.2 Å². The molecule has 0 unspecified atom stereocenters. The summed E-state index contributed by atoms with van der Waals surface area (Å²) in [4.78, 5) is 11.2. The van der Waals surface area contributed by atoms with Crippen LogP contribution < -0.4 is 9.47 Å². The van der Waals surface area contributed by atoms with Crippen molar-refractivity contribution in [3.63, 3.8) is 0 Å². The molecule has 86 valence electrons. The van der Waals surface area contributed by atoms with Gasteiger partial charge in [-0.25, -0.2) is 0 Å². The third kappa shape index (κ3) is 1.39. The number of nitrogens with zero attached hydrogens (tertiary/aromatic N) is 1. The number of hydrogen-bond donors (Lipinski definition) is 0. The van der Waals surface area contributed by atoms with E-state index in [0.717, 1.165) is 5.56 Å². The average molecular weight is 229 g/mol. The van der Waals surface area contributed by atoms with Crippen LogP contribution in [0.1, 0.15) is 18.4 Å². The van der Waals surface area contributed by atoms with Crippen molar-refractivity contribution >= 4 is 5.78 Å². The third-order valence-corrected chi connectivity index (χ3v) is 3.29. The lowest BCUT2D eigenvalue weighted by atomic mass is 9.64. The molecule has 2 aliphatic rings. The molecule has 1 aliphatic carbocycles. The van der Waals surface area contributed by atoms with Gasteiger partial charge in [-0.15, -0.1) is 0 Å². The van der Waals surface area contributed by atoms with Gasteiger partial charge in [0.1, 0.15) is 19.0 Å². The van der Waals surface area contributed by atoms with Crippen molar-refractivity contribution in [3.8, 4) is 17.6 Å². The fourth-order valence-electron chi connectivity index (χ4n) is 2.40. The molecule has 1 saturated carbocycles. The lowest BCUT2D eigenvalue weighted by Crippen LogP contribution is -2.41.